The van der Waals surface area contributed by atoms with Crippen molar-refractivity contribution in [2.45, 2.75) is 71.3 Å². The third-order valence-electron chi connectivity index (χ3n) is 2.25. The fraction of sp³-hybridized carbons (Fsp3) is 0.857. The molecule has 0 aliphatic carbocycles. The minimum Gasteiger partial charge on any atom is -0.376 e. The predicted octanol–water partition coefficient (Wildman–Crippen LogP) is 4.17. The summed E-state index contributed by atoms with van der Waals surface area (Å²) in [4.78, 5) is 0. The van der Waals surface area contributed by atoms with Gasteiger partial charge >= 0.3 is 0 Å². The van der Waals surface area contributed by atoms with Crippen molar-refractivity contribution in [2.24, 2.45) is 0 Å². The molecular weight excluding hydrogens is 184 g/mol. The van der Waals surface area contributed by atoms with Gasteiger partial charge in [-0.2, -0.15) is 0 Å². The minimum atomic E-state index is 0.0206. The molecule has 0 aromatic rings. The summed E-state index contributed by atoms with van der Waals surface area (Å²) in [5, 5.41) is 0. The summed E-state index contributed by atoms with van der Waals surface area (Å²) >= 11 is 0. The van der Waals surface area contributed by atoms with E-state index >= 15 is 0 Å². The van der Waals surface area contributed by atoms with Crippen molar-refractivity contribution in [2.75, 3.05) is 6.61 Å². The molecule has 0 spiro atoms. The first-order valence-electron chi connectivity index (χ1n) is 6.14. The topological polar surface area (TPSA) is 9.23 Å². The maximum Gasteiger partial charge on any atom is 0.0598 e. The van der Waals surface area contributed by atoms with Crippen LogP contribution < -0.4 is 0 Å². The number of hydrogen-bond acceptors (Lipinski definition) is 1. The first-order chi connectivity index (χ1) is 7.06. The minimum absolute atomic E-state index is 0.0206. The van der Waals surface area contributed by atoms with Crippen LogP contribution >= 0.6 is 0 Å². The summed E-state index contributed by atoms with van der Waals surface area (Å²) in [6.45, 7) is 7.21. The van der Waals surface area contributed by atoms with E-state index in [1.54, 1.807) is 0 Å². The van der Waals surface area contributed by atoms with Gasteiger partial charge in [-0.1, -0.05) is 25.7 Å². The maximum atomic E-state index is 5.65. The zero-order chi connectivity index (χ0) is 11.6. The molecule has 1 heteroatoms. The number of unbranched alkanes of at least 4 members (excludes halogenated alkanes) is 6. The molecule has 0 aromatic heterocycles. The SMILES string of the molecule is C#CCCCCCCCCOC(C)(C)C. The Bertz CT molecular complexity index is 171. The van der Waals surface area contributed by atoms with Crippen LogP contribution in [0.2, 0.25) is 0 Å². The van der Waals surface area contributed by atoms with Crippen molar-refractivity contribution in [1.29, 1.82) is 0 Å². The quantitative estimate of drug-likeness (QED) is 0.431. The van der Waals surface area contributed by atoms with Crippen LogP contribution in [0.3, 0.4) is 0 Å². The molecule has 0 unspecified atom stereocenters. The highest BCUT2D eigenvalue weighted by molar-refractivity contribution is 4.82. The average molecular weight is 210 g/mol. The van der Waals surface area contributed by atoms with Gasteiger partial charge in [-0.3, -0.25) is 0 Å². The molecule has 0 aromatic carbocycles. The largest absolute Gasteiger partial charge is 0.376 e. The Morgan fingerprint density at radius 2 is 1.47 bits per heavy atom. The van der Waals surface area contributed by atoms with Gasteiger partial charge in [0.05, 0.1) is 5.60 Å². The van der Waals surface area contributed by atoms with E-state index in [4.69, 9.17) is 11.2 Å². The number of hydrogen-bond donors (Lipinski definition) is 0. The molecule has 0 aliphatic rings. The molecular formula is C14H26O. The van der Waals surface area contributed by atoms with Crippen LogP contribution in [0.5, 0.6) is 0 Å². The second kappa shape index (κ2) is 8.80. The molecule has 0 rings (SSSR count). The van der Waals surface area contributed by atoms with Crippen LogP contribution in [-0.4, -0.2) is 12.2 Å². The highest BCUT2D eigenvalue weighted by Gasteiger charge is 2.08. The van der Waals surface area contributed by atoms with Crippen LogP contribution in [0.25, 0.3) is 0 Å². The molecule has 0 saturated heterocycles. The van der Waals surface area contributed by atoms with Gasteiger partial charge in [-0.05, 0) is 33.6 Å². The van der Waals surface area contributed by atoms with Gasteiger partial charge in [0.15, 0.2) is 0 Å². The average Bonchev–Trinajstić information content (AvgIpc) is 2.14. The van der Waals surface area contributed by atoms with Gasteiger partial charge in [0.1, 0.15) is 0 Å². The Kier molecular flexibility index (Phi) is 8.52. The third kappa shape index (κ3) is 13.5. The number of rotatable bonds is 8. The second-order valence-electron chi connectivity index (χ2n) is 5.04. The molecule has 0 heterocycles. The van der Waals surface area contributed by atoms with Gasteiger partial charge in [0.25, 0.3) is 0 Å². The van der Waals surface area contributed by atoms with E-state index in [0.29, 0.717) is 0 Å². The molecule has 0 radical (unpaired) electrons. The van der Waals surface area contributed by atoms with E-state index in [0.717, 1.165) is 13.0 Å². The fourth-order valence-electron chi connectivity index (χ4n) is 1.41. The van der Waals surface area contributed by atoms with Crippen LogP contribution in [0.1, 0.15) is 65.7 Å². The summed E-state index contributed by atoms with van der Waals surface area (Å²) in [6, 6.07) is 0. The Morgan fingerprint density at radius 3 is 2.00 bits per heavy atom. The van der Waals surface area contributed by atoms with Gasteiger partial charge < -0.3 is 4.74 Å². The summed E-state index contributed by atoms with van der Waals surface area (Å²) in [5.74, 6) is 2.68. The smallest absolute Gasteiger partial charge is 0.0598 e. The Labute approximate surface area is 95.6 Å². The third-order valence-corrected chi connectivity index (χ3v) is 2.25. The lowest BCUT2D eigenvalue weighted by molar-refractivity contribution is -0.00474. The van der Waals surface area contributed by atoms with Crippen molar-refractivity contribution in [3.8, 4) is 12.3 Å². The zero-order valence-electron chi connectivity index (χ0n) is 10.6. The van der Waals surface area contributed by atoms with Crippen molar-refractivity contribution in [3.63, 3.8) is 0 Å². The van der Waals surface area contributed by atoms with Crippen LogP contribution in [0.15, 0.2) is 0 Å². The van der Waals surface area contributed by atoms with Crippen LogP contribution in [0.4, 0.5) is 0 Å². The van der Waals surface area contributed by atoms with Gasteiger partial charge in [0.2, 0.25) is 0 Å². The Hall–Kier alpha value is -0.480. The summed E-state index contributed by atoms with van der Waals surface area (Å²) in [7, 11) is 0. The van der Waals surface area contributed by atoms with E-state index < -0.39 is 0 Å². The first kappa shape index (κ1) is 14.5. The highest BCUT2D eigenvalue weighted by atomic mass is 16.5. The molecule has 1 nitrogen and oxygen atoms in total. The van der Waals surface area contributed by atoms with Gasteiger partial charge in [0, 0.05) is 13.0 Å². The highest BCUT2D eigenvalue weighted by Crippen LogP contribution is 2.10. The van der Waals surface area contributed by atoms with Crippen LogP contribution in [-0.2, 0) is 4.74 Å². The van der Waals surface area contributed by atoms with Crippen LogP contribution in [0, 0.1) is 12.3 Å². The van der Waals surface area contributed by atoms with E-state index in [9.17, 15) is 0 Å². The zero-order valence-corrected chi connectivity index (χ0v) is 10.6. The van der Waals surface area contributed by atoms with E-state index in [1.165, 1.54) is 38.5 Å². The maximum absolute atomic E-state index is 5.65. The molecule has 0 fully saturated rings. The van der Waals surface area contributed by atoms with Crippen molar-refractivity contribution >= 4 is 0 Å². The van der Waals surface area contributed by atoms with Gasteiger partial charge in [-0.25, -0.2) is 0 Å². The molecule has 0 N–H and O–H groups in total. The normalized spacial score (nSPS) is 11.3. The summed E-state index contributed by atoms with van der Waals surface area (Å²) < 4.78 is 5.65. The van der Waals surface area contributed by atoms with Gasteiger partial charge in [-0.15, -0.1) is 12.3 Å². The molecule has 15 heavy (non-hydrogen) atoms. The Balaban J connectivity index is 3.03. The van der Waals surface area contributed by atoms with E-state index in [1.807, 2.05) is 0 Å². The van der Waals surface area contributed by atoms with Crippen molar-refractivity contribution in [3.05, 3.63) is 0 Å². The lowest BCUT2D eigenvalue weighted by Gasteiger charge is -2.19. The standard InChI is InChI=1S/C14H26O/c1-5-6-7-8-9-10-11-12-13-15-14(2,3)4/h1H,6-13H2,2-4H3. The molecule has 0 aliphatic heterocycles. The van der Waals surface area contributed by atoms with Crippen molar-refractivity contribution in [1.82, 2.24) is 0 Å². The van der Waals surface area contributed by atoms with E-state index in [-0.39, 0.29) is 5.60 Å². The molecule has 0 saturated carbocycles. The summed E-state index contributed by atoms with van der Waals surface area (Å²) in [6.07, 6.45) is 13.7. The first-order valence-corrected chi connectivity index (χ1v) is 6.14. The number of terminal acetylenes is 1. The number of ether oxygens (including phenoxy) is 1. The Morgan fingerprint density at radius 1 is 0.933 bits per heavy atom. The molecule has 0 atom stereocenters. The lowest BCUT2D eigenvalue weighted by Crippen LogP contribution is -2.19. The van der Waals surface area contributed by atoms with E-state index in [2.05, 4.69) is 26.7 Å². The monoisotopic (exact) mass is 210 g/mol. The summed E-state index contributed by atoms with van der Waals surface area (Å²) in [5.41, 5.74) is 0.0206. The predicted molar refractivity (Wildman–Crippen MR) is 66.9 cm³/mol. The fourth-order valence-corrected chi connectivity index (χ4v) is 1.41. The lowest BCUT2D eigenvalue weighted by atomic mass is 10.1. The second-order valence-corrected chi connectivity index (χ2v) is 5.04. The molecule has 88 valence electrons. The molecule has 0 bridgehead atoms. The van der Waals surface area contributed by atoms with Crippen molar-refractivity contribution < 1.29 is 4.74 Å². The molecule has 0 amide bonds.